The van der Waals surface area contributed by atoms with Crippen molar-refractivity contribution in [2.45, 2.75) is 230 Å². The first-order valence-electron chi connectivity index (χ1n) is 22.7. The second-order valence-electron chi connectivity index (χ2n) is 15.9. The van der Waals surface area contributed by atoms with Crippen LogP contribution in [0.15, 0.2) is 24.3 Å². The van der Waals surface area contributed by atoms with Gasteiger partial charge in [-0.15, -0.1) is 0 Å². The van der Waals surface area contributed by atoms with E-state index in [1.54, 1.807) is 0 Å². The fourth-order valence-corrected chi connectivity index (χ4v) is 7.85. The summed E-state index contributed by atoms with van der Waals surface area (Å²) < 4.78 is 34.1. The van der Waals surface area contributed by atoms with Crippen LogP contribution < -0.4 is 0 Å². The summed E-state index contributed by atoms with van der Waals surface area (Å²) in [6.45, 7) is 4.18. The lowest BCUT2D eigenvalue weighted by molar-refractivity contribution is -0.220. The van der Waals surface area contributed by atoms with E-state index in [-0.39, 0.29) is 13.0 Å². The molecular weight excluding hydrogens is 751 g/mol. The average Bonchev–Trinajstić information content (AvgIpc) is 3.19. The number of phosphoric acid groups is 1. The maximum atomic E-state index is 12.8. The fraction of sp³-hybridized carbons (Fsp3) is 0.886. The minimum Gasteiger partial charge on any atom is -0.457 e. The molecule has 0 radical (unpaired) electrons. The highest BCUT2D eigenvalue weighted by molar-refractivity contribution is 7.47. The van der Waals surface area contributed by atoms with Crippen LogP contribution in [-0.2, 0) is 27.9 Å². The molecule has 0 aromatic rings. The molecule has 1 rings (SSSR count). The zero-order chi connectivity index (χ0) is 42.0. The Bertz CT molecular complexity index is 1040. The van der Waals surface area contributed by atoms with Crippen LogP contribution in [0.2, 0.25) is 0 Å². The summed E-state index contributed by atoms with van der Waals surface area (Å²) in [5.41, 5.74) is 0. The lowest BCUT2D eigenvalue weighted by Crippen LogP contribution is -2.64. The second-order valence-corrected chi connectivity index (χ2v) is 17.3. The van der Waals surface area contributed by atoms with Crippen LogP contribution in [0.3, 0.4) is 0 Å². The lowest BCUT2D eigenvalue weighted by atomic mass is 9.85. The molecule has 336 valence electrons. The molecule has 0 amide bonds. The maximum Gasteiger partial charge on any atom is 0.472 e. The van der Waals surface area contributed by atoms with E-state index in [2.05, 4.69) is 38.2 Å². The van der Waals surface area contributed by atoms with E-state index in [9.17, 15) is 39.8 Å². The van der Waals surface area contributed by atoms with Gasteiger partial charge in [-0.05, 0) is 57.8 Å². The van der Waals surface area contributed by atoms with Crippen molar-refractivity contribution in [2.75, 3.05) is 19.8 Å². The number of esters is 1. The summed E-state index contributed by atoms with van der Waals surface area (Å²) >= 11 is 0. The number of hydrogen-bond acceptors (Lipinski definition) is 11. The van der Waals surface area contributed by atoms with Gasteiger partial charge in [0.1, 0.15) is 42.7 Å². The number of hydrogen-bond donors (Lipinski definition) is 6. The predicted molar refractivity (Wildman–Crippen MR) is 226 cm³/mol. The van der Waals surface area contributed by atoms with Gasteiger partial charge in [-0.2, -0.15) is 0 Å². The van der Waals surface area contributed by atoms with Crippen LogP contribution >= 0.6 is 7.82 Å². The molecule has 0 saturated heterocycles. The van der Waals surface area contributed by atoms with Gasteiger partial charge >= 0.3 is 13.8 Å². The number of ether oxygens (including phenoxy) is 2. The molecule has 1 saturated carbocycles. The molecule has 6 atom stereocenters. The Balaban J connectivity index is 2.34. The molecule has 12 nitrogen and oxygen atoms in total. The van der Waals surface area contributed by atoms with E-state index in [0.717, 1.165) is 64.2 Å². The van der Waals surface area contributed by atoms with Crippen molar-refractivity contribution < 1.29 is 58.3 Å². The molecule has 6 unspecified atom stereocenters. The van der Waals surface area contributed by atoms with E-state index in [1.165, 1.54) is 96.3 Å². The van der Waals surface area contributed by atoms with Gasteiger partial charge in [-0.3, -0.25) is 13.8 Å². The van der Waals surface area contributed by atoms with Crippen LogP contribution in [-0.4, -0.2) is 98.9 Å². The topological polar surface area (TPSA) is 192 Å². The van der Waals surface area contributed by atoms with Gasteiger partial charge in [0, 0.05) is 13.0 Å². The molecule has 1 aliphatic carbocycles. The SMILES string of the molecule is CCC/C=C\CCCCCCCC(=O)OC(COCCCCCCCCCCCC/C=C\CCCCCCCC)COP(=O)(O)OC1C(O)C(O)C(O)C(O)C1O. The van der Waals surface area contributed by atoms with Gasteiger partial charge < -0.3 is 39.9 Å². The van der Waals surface area contributed by atoms with E-state index in [0.29, 0.717) is 13.0 Å². The second kappa shape index (κ2) is 35.6. The van der Waals surface area contributed by atoms with Crippen molar-refractivity contribution in [3.8, 4) is 0 Å². The number of rotatable bonds is 38. The van der Waals surface area contributed by atoms with E-state index < -0.39 is 63.1 Å². The maximum absolute atomic E-state index is 12.8. The van der Waals surface area contributed by atoms with Gasteiger partial charge in [0.25, 0.3) is 0 Å². The number of unbranched alkanes of at least 4 members (excludes halogenated alkanes) is 22. The number of carbonyl (C=O) groups excluding carboxylic acids is 1. The Kier molecular flexibility index (Phi) is 33.6. The minimum absolute atomic E-state index is 0.0789. The summed E-state index contributed by atoms with van der Waals surface area (Å²) in [6.07, 6.45) is 26.9. The fourth-order valence-electron chi connectivity index (χ4n) is 6.88. The third kappa shape index (κ3) is 28.1. The summed E-state index contributed by atoms with van der Waals surface area (Å²) in [6, 6.07) is 0. The van der Waals surface area contributed by atoms with Gasteiger partial charge in [-0.25, -0.2) is 4.57 Å². The summed E-state index contributed by atoms with van der Waals surface area (Å²) in [5.74, 6) is -0.489. The molecule has 0 bridgehead atoms. The van der Waals surface area contributed by atoms with Crippen molar-refractivity contribution in [3.63, 3.8) is 0 Å². The van der Waals surface area contributed by atoms with Crippen molar-refractivity contribution in [3.05, 3.63) is 24.3 Å². The number of allylic oxidation sites excluding steroid dienone is 4. The summed E-state index contributed by atoms with van der Waals surface area (Å²) in [7, 11) is -5.01. The van der Waals surface area contributed by atoms with E-state index in [1.807, 2.05) is 0 Å². The Morgan fingerprint density at radius 2 is 0.965 bits per heavy atom. The smallest absolute Gasteiger partial charge is 0.457 e. The van der Waals surface area contributed by atoms with Crippen LogP contribution in [0.1, 0.15) is 187 Å². The molecule has 13 heteroatoms. The number of aliphatic hydroxyl groups excluding tert-OH is 5. The molecule has 0 aliphatic heterocycles. The van der Waals surface area contributed by atoms with Gasteiger partial charge in [0.05, 0.1) is 13.2 Å². The quantitative estimate of drug-likeness (QED) is 0.0150. The third-order valence-corrected chi connectivity index (χ3v) is 11.5. The molecule has 0 spiro atoms. The van der Waals surface area contributed by atoms with Gasteiger partial charge in [0.15, 0.2) is 0 Å². The van der Waals surface area contributed by atoms with Gasteiger partial charge in [-0.1, -0.05) is 147 Å². The lowest BCUT2D eigenvalue weighted by Gasteiger charge is -2.41. The number of carbonyl (C=O) groups is 1. The molecule has 0 aromatic carbocycles. The minimum atomic E-state index is -5.01. The van der Waals surface area contributed by atoms with Crippen LogP contribution in [0.5, 0.6) is 0 Å². The zero-order valence-corrected chi connectivity index (χ0v) is 36.5. The first-order valence-corrected chi connectivity index (χ1v) is 24.2. The summed E-state index contributed by atoms with van der Waals surface area (Å²) in [4.78, 5) is 23.0. The van der Waals surface area contributed by atoms with Gasteiger partial charge in [0.2, 0.25) is 0 Å². The Morgan fingerprint density at radius 1 is 0.544 bits per heavy atom. The average molecular weight is 835 g/mol. The highest BCUT2D eigenvalue weighted by Gasteiger charge is 2.51. The van der Waals surface area contributed by atoms with E-state index >= 15 is 0 Å². The molecule has 1 fully saturated rings. The standard InChI is InChI=1S/C44H83O12P/c1-3-5-7-9-11-13-15-16-17-18-19-20-21-22-23-24-26-28-30-32-34-53-35-37(55-38(45)33-31-29-27-25-14-12-10-8-6-4-2)36-54-57(51,52)56-44-42(49)40(47)39(46)41(48)43(44)50/h8,10,16-17,37,39-44,46-50H,3-7,9,11-15,18-36H2,1-2H3,(H,51,52)/b10-8-,17-16-. The molecule has 1 aliphatic rings. The third-order valence-electron chi connectivity index (χ3n) is 10.5. The molecule has 0 heterocycles. The van der Waals surface area contributed by atoms with Crippen LogP contribution in [0.25, 0.3) is 0 Å². The highest BCUT2D eigenvalue weighted by Crippen LogP contribution is 2.47. The summed E-state index contributed by atoms with van der Waals surface area (Å²) in [5, 5.41) is 50.1. The predicted octanol–water partition coefficient (Wildman–Crippen LogP) is 8.92. The molecule has 57 heavy (non-hydrogen) atoms. The van der Waals surface area contributed by atoms with Crippen molar-refractivity contribution in [1.82, 2.24) is 0 Å². The Hall–Kier alpha value is -1.18. The van der Waals surface area contributed by atoms with Crippen LogP contribution in [0, 0.1) is 0 Å². The molecule has 6 N–H and O–H groups in total. The Labute approximate surface area is 345 Å². The Morgan fingerprint density at radius 3 is 1.46 bits per heavy atom. The molecular formula is C44H83O12P. The van der Waals surface area contributed by atoms with Crippen molar-refractivity contribution in [1.29, 1.82) is 0 Å². The first kappa shape index (κ1) is 53.8. The highest BCUT2D eigenvalue weighted by atomic mass is 31.2. The number of phosphoric ester groups is 1. The van der Waals surface area contributed by atoms with Crippen molar-refractivity contribution in [2.24, 2.45) is 0 Å². The normalized spacial score (nSPS) is 23.0. The number of aliphatic hydroxyl groups is 5. The zero-order valence-electron chi connectivity index (χ0n) is 35.6. The van der Waals surface area contributed by atoms with Crippen LogP contribution in [0.4, 0.5) is 0 Å². The largest absolute Gasteiger partial charge is 0.472 e. The first-order chi connectivity index (χ1) is 27.5. The van der Waals surface area contributed by atoms with E-state index in [4.69, 9.17) is 18.5 Å². The molecule has 0 aromatic heterocycles. The monoisotopic (exact) mass is 835 g/mol. The van der Waals surface area contributed by atoms with Crippen molar-refractivity contribution >= 4 is 13.8 Å².